The second kappa shape index (κ2) is 6.25. The molecule has 7 heteroatoms. The number of carbonyl (C=O) groups is 1. The lowest BCUT2D eigenvalue weighted by atomic mass is 9.98. The van der Waals surface area contributed by atoms with Crippen molar-refractivity contribution in [3.8, 4) is 0 Å². The van der Waals surface area contributed by atoms with E-state index in [0.29, 0.717) is 16.7 Å². The lowest BCUT2D eigenvalue weighted by molar-refractivity contribution is -0.117. The number of aromatic amines is 2. The number of nitrogens with zero attached hydrogens (tertiary/aromatic N) is 1. The standard InChI is InChI=1S/C19H21N5O2/c1-11(24-9-3-4-13-14(20)5-2-6-17(13)24)18(25)21-12-7-8-15-16(10-12)23-19(26)22-15/h2,5-8,10-11H,3-4,9,20H2,1H3,(H,21,25)(H2,22,23,26). The molecule has 1 amide bonds. The average Bonchev–Trinajstić information content (AvgIpc) is 3.00. The van der Waals surface area contributed by atoms with E-state index in [2.05, 4.69) is 20.2 Å². The van der Waals surface area contributed by atoms with Gasteiger partial charge in [-0.15, -0.1) is 0 Å². The summed E-state index contributed by atoms with van der Waals surface area (Å²) in [6.07, 6.45) is 1.90. The highest BCUT2D eigenvalue weighted by Gasteiger charge is 2.27. The summed E-state index contributed by atoms with van der Waals surface area (Å²) in [5.74, 6) is -0.0995. The highest BCUT2D eigenvalue weighted by Crippen LogP contribution is 2.32. The molecular weight excluding hydrogens is 330 g/mol. The van der Waals surface area contributed by atoms with Crippen LogP contribution < -0.4 is 21.6 Å². The molecule has 2 heterocycles. The molecule has 0 bridgehead atoms. The highest BCUT2D eigenvalue weighted by atomic mass is 16.2. The Morgan fingerprint density at radius 1 is 1.23 bits per heavy atom. The molecular formula is C19H21N5O2. The zero-order chi connectivity index (χ0) is 18.3. The third-order valence-electron chi connectivity index (χ3n) is 4.95. The summed E-state index contributed by atoms with van der Waals surface area (Å²) in [5, 5.41) is 2.94. The Balaban J connectivity index is 1.56. The molecule has 0 aliphatic carbocycles. The Morgan fingerprint density at radius 3 is 2.88 bits per heavy atom. The average molecular weight is 351 g/mol. The number of nitrogens with two attached hydrogens (primary N) is 1. The Kier molecular flexibility index (Phi) is 3.91. The summed E-state index contributed by atoms with van der Waals surface area (Å²) in [4.78, 5) is 31.6. The van der Waals surface area contributed by atoms with Gasteiger partial charge < -0.3 is 25.9 Å². The Hall–Kier alpha value is -3.22. The van der Waals surface area contributed by atoms with Crippen LogP contribution in [-0.4, -0.2) is 28.5 Å². The molecule has 2 aromatic carbocycles. The second-order valence-electron chi connectivity index (χ2n) is 6.65. The lowest BCUT2D eigenvalue weighted by Gasteiger charge is -2.36. The second-order valence-corrected chi connectivity index (χ2v) is 6.65. The van der Waals surface area contributed by atoms with Crippen molar-refractivity contribution in [2.24, 2.45) is 0 Å². The first-order valence-corrected chi connectivity index (χ1v) is 8.70. The molecule has 0 fully saturated rings. The summed E-state index contributed by atoms with van der Waals surface area (Å²) < 4.78 is 0. The molecule has 26 heavy (non-hydrogen) atoms. The number of fused-ring (bicyclic) bond motifs is 2. The van der Waals surface area contributed by atoms with Gasteiger partial charge >= 0.3 is 5.69 Å². The van der Waals surface area contributed by atoms with Crippen LogP contribution in [0.15, 0.2) is 41.2 Å². The quantitative estimate of drug-likeness (QED) is 0.543. The van der Waals surface area contributed by atoms with Gasteiger partial charge in [0.2, 0.25) is 5.91 Å². The number of hydrogen-bond acceptors (Lipinski definition) is 4. The first-order chi connectivity index (χ1) is 12.5. The molecule has 1 aliphatic heterocycles. The monoisotopic (exact) mass is 351 g/mol. The fourth-order valence-corrected chi connectivity index (χ4v) is 3.58. The van der Waals surface area contributed by atoms with E-state index in [1.807, 2.05) is 25.1 Å². The minimum absolute atomic E-state index is 0.0995. The zero-order valence-corrected chi connectivity index (χ0v) is 14.5. The summed E-state index contributed by atoms with van der Waals surface area (Å²) in [6.45, 7) is 2.71. The van der Waals surface area contributed by atoms with E-state index in [0.717, 1.165) is 36.3 Å². The van der Waals surface area contributed by atoms with Gasteiger partial charge in [0.15, 0.2) is 0 Å². The van der Waals surface area contributed by atoms with Crippen LogP contribution in [0.2, 0.25) is 0 Å². The predicted molar refractivity (Wildman–Crippen MR) is 104 cm³/mol. The van der Waals surface area contributed by atoms with Crippen molar-refractivity contribution in [1.29, 1.82) is 0 Å². The Bertz CT molecular complexity index is 1040. The summed E-state index contributed by atoms with van der Waals surface area (Å²) in [7, 11) is 0. The number of H-pyrrole nitrogens is 2. The number of benzene rings is 2. The number of carbonyl (C=O) groups excluding carboxylic acids is 1. The van der Waals surface area contributed by atoms with Gasteiger partial charge in [-0.05, 0) is 55.7 Å². The SMILES string of the molecule is CC(C(=O)Nc1ccc2[nH]c(=O)[nH]c2c1)N1CCCc2c(N)cccc21. The zero-order valence-electron chi connectivity index (χ0n) is 14.5. The van der Waals surface area contributed by atoms with Gasteiger partial charge in [0.05, 0.1) is 11.0 Å². The summed E-state index contributed by atoms with van der Waals surface area (Å²) in [5.41, 5.74) is 10.8. The van der Waals surface area contributed by atoms with Crippen molar-refractivity contribution < 1.29 is 4.79 Å². The van der Waals surface area contributed by atoms with Crippen LogP contribution in [0.4, 0.5) is 17.1 Å². The van der Waals surface area contributed by atoms with Crippen LogP contribution in [0.25, 0.3) is 11.0 Å². The fourth-order valence-electron chi connectivity index (χ4n) is 3.58. The van der Waals surface area contributed by atoms with E-state index in [1.54, 1.807) is 18.2 Å². The van der Waals surface area contributed by atoms with Crippen molar-refractivity contribution in [3.63, 3.8) is 0 Å². The van der Waals surface area contributed by atoms with Gasteiger partial charge in [-0.1, -0.05) is 6.07 Å². The third kappa shape index (κ3) is 2.81. The number of imidazole rings is 1. The molecule has 1 atom stereocenters. The largest absolute Gasteiger partial charge is 0.398 e. The van der Waals surface area contributed by atoms with E-state index in [1.165, 1.54) is 0 Å². The van der Waals surface area contributed by atoms with E-state index in [9.17, 15) is 9.59 Å². The van der Waals surface area contributed by atoms with Crippen molar-refractivity contribution >= 4 is 34.0 Å². The first kappa shape index (κ1) is 16.3. The molecule has 4 rings (SSSR count). The lowest BCUT2D eigenvalue weighted by Crippen LogP contribution is -2.44. The molecule has 7 nitrogen and oxygen atoms in total. The Morgan fingerprint density at radius 2 is 2.04 bits per heavy atom. The van der Waals surface area contributed by atoms with Crippen molar-refractivity contribution in [2.75, 3.05) is 22.5 Å². The van der Waals surface area contributed by atoms with Gasteiger partial charge in [0, 0.05) is 23.6 Å². The smallest absolute Gasteiger partial charge is 0.323 e. The number of nitrogens with one attached hydrogen (secondary N) is 3. The maximum absolute atomic E-state index is 12.8. The van der Waals surface area contributed by atoms with E-state index in [-0.39, 0.29) is 17.6 Å². The topological polar surface area (TPSA) is 107 Å². The number of hydrogen-bond donors (Lipinski definition) is 4. The number of aromatic nitrogens is 2. The van der Waals surface area contributed by atoms with Crippen LogP contribution in [-0.2, 0) is 11.2 Å². The fraction of sp³-hybridized carbons (Fsp3) is 0.263. The number of anilines is 3. The molecule has 1 aliphatic rings. The molecule has 3 aromatic rings. The summed E-state index contributed by atoms with van der Waals surface area (Å²) in [6, 6.07) is 10.8. The molecule has 134 valence electrons. The van der Waals surface area contributed by atoms with Crippen LogP contribution >= 0.6 is 0 Å². The first-order valence-electron chi connectivity index (χ1n) is 8.70. The van der Waals surface area contributed by atoms with Crippen LogP contribution in [0.1, 0.15) is 18.9 Å². The minimum Gasteiger partial charge on any atom is -0.398 e. The number of amides is 1. The molecule has 1 aromatic heterocycles. The third-order valence-corrected chi connectivity index (χ3v) is 4.95. The van der Waals surface area contributed by atoms with Gasteiger partial charge in [-0.3, -0.25) is 4.79 Å². The van der Waals surface area contributed by atoms with Gasteiger partial charge in [-0.2, -0.15) is 0 Å². The van der Waals surface area contributed by atoms with E-state index in [4.69, 9.17) is 5.73 Å². The molecule has 0 saturated heterocycles. The molecule has 5 N–H and O–H groups in total. The molecule has 0 spiro atoms. The van der Waals surface area contributed by atoms with Crippen molar-refractivity contribution in [2.45, 2.75) is 25.8 Å². The highest BCUT2D eigenvalue weighted by molar-refractivity contribution is 5.98. The van der Waals surface area contributed by atoms with Crippen LogP contribution in [0.3, 0.4) is 0 Å². The molecule has 0 radical (unpaired) electrons. The normalized spacial score (nSPS) is 14.9. The molecule has 1 unspecified atom stereocenters. The molecule has 0 saturated carbocycles. The van der Waals surface area contributed by atoms with Gasteiger partial charge in [0.25, 0.3) is 0 Å². The number of rotatable bonds is 3. The van der Waals surface area contributed by atoms with Crippen molar-refractivity contribution in [1.82, 2.24) is 9.97 Å². The van der Waals surface area contributed by atoms with E-state index < -0.39 is 0 Å². The van der Waals surface area contributed by atoms with Crippen LogP contribution in [0.5, 0.6) is 0 Å². The minimum atomic E-state index is -0.336. The van der Waals surface area contributed by atoms with Crippen molar-refractivity contribution in [3.05, 3.63) is 52.4 Å². The number of nitrogen functional groups attached to an aromatic ring is 1. The van der Waals surface area contributed by atoms with Gasteiger partial charge in [0.1, 0.15) is 6.04 Å². The maximum Gasteiger partial charge on any atom is 0.323 e. The predicted octanol–water partition coefficient (Wildman–Crippen LogP) is 2.22. The van der Waals surface area contributed by atoms with Crippen LogP contribution in [0, 0.1) is 0 Å². The Labute approximate surface area is 150 Å². The van der Waals surface area contributed by atoms with E-state index >= 15 is 0 Å². The van der Waals surface area contributed by atoms with Gasteiger partial charge in [-0.25, -0.2) is 4.79 Å². The summed E-state index contributed by atoms with van der Waals surface area (Å²) >= 11 is 0. The maximum atomic E-state index is 12.8.